The summed E-state index contributed by atoms with van der Waals surface area (Å²) in [5.41, 5.74) is 2.44. The Bertz CT molecular complexity index is 439. The van der Waals surface area contributed by atoms with Gasteiger partial charge in [-0.3, -0.25) is 5.43 Å². The third-order valence-electron chi connectivity index (χ3n) is 3.26. The van der Waals surface area contributed by atoms with E-state index >= 15 is 0 Å². The molecule has 0 aromatic carbocycles. The van der Waals surface area contributed by atoms with E-state index in [2.05, 4.69) is 20.4 Å². The van der Waals surface area contributed by atoms with E-state index < -0.39 is 0 Å². The van der Waals surface area contributed by atoms with E-state index in [1.165, 1.54) is 6.42 Å². The van der Waals surface area contributed by atoms with E-state index in [4.69, 9.17) is 15.3 Å². The molecule has 0 spiro atoms. The second-order valence-electron chi connectivity index (χ2n) is 5.10. The smallest absolute Gasteiger partial charge is 0.323 e. The molecule has 0 aliphatic carbocycles. The minimum Gasteiger partial charge on any atom is -0.463 e. The van der Waals surface area contributed by atoms with Gasteiger partial charge in [0.1, 0.15) is 0 Å². The molecule has 1 fully saturated rings. The van der Waals surface area contributed by atoms with Crippen LogP contribution >= 0.6 is 0 Å². The monoisotopic (exact) mass is 296 g/mol. The lowest BCUT2D eigenvalue weighted by Gasteiger charge is -2.27. The maximum Gasteiger partial charge on any atom is 0.323 e. The highest BCUT2D eigenvalue weighted by Crippen LogP contribution is 2.18. The predicted molar refractivity (Wildman–Crippen MR) is 80.3 cm³/mol. The highest BCUT2D eigenvalue weighted by molar-refractivity contribution is 5.37. The predicted octanol–water partition coefficient (Wildman–Crippen LogP) is 0.951. The van der Waals surface area contributed by atoms with Gasteiger partial charge in [0.2, 0.25) is 11.9 Å². The average molecular weight is 296 g/mol. The number of hydrogen-bond acceptors (Lipinski definition) is 8. The molecule has 1 aliphatic rings. The fourth-order valence-electron chi connectivity index (χ4n) is 2.18. The van der Waals surface area contributed by atoms with Gasteiger partial charge in [-0.2, -0.15) is 15.0 Å². The van der Waals surface area contributed by atoms with Gasteiger partial charge >= 0.3 is 6.01 Å². The van der Waals surface area contributed by atoms with Gasteiger partial charge in [0.25, 0.3) is 0 Å². The summed E-state index contributed by atoms with van der Waals surface area (Å²) >= 11 is 0. The van der Waals surface area contributed by atoms with Crippen LogP contribution in [-0.4, -0.2) is 47.9 Å². The number of nitrogens with one attached hydrogen (secondary N) is 1. The van der Waals surface area contributed by atoms with Gasteiger partial charge in [-0.25, -0.2) is 5.84 Å². The third-order valence-corrected chi connectivity index (χ3v) is 3.26. The van der Waals surface area contributed by atoms with Crippen molar-refractivity contribution in [2.45, 2.75) is 38.7 Å². The number of aromatic nitrogens is 3. The fourth-order valence-corrected chi connectivity index (χ4v) is 2.18. The first kappa shape index (κ1) is 15.7. The van der Waals surface area contributed by atoms with Gasteiger partial charge in [0.05, 0.1) is 12.7 Å². The number of nitrogen functional groups attached to an aromatic ring is 1. The fraction of sp³-hybridized carbons (Fsp3) is 0.769. The molecule has 118 valence electrons. The number of ether oxygens (including phenoxy) is 2. The van der Waals surface area contributed by atoms with Gasteiger partial charge in [-0.15, -0.1) is 0 Å². The van der Waals surface area contributed by atoms with Crippen molar-refractivity contribution in [2.75, 3.05) is 37.1 Å². The maximum absolute atomic E-state index is 5.74. The average Bonchev–Trinajstić information content (AvgIpc) is 2.53. The number of likely N-dealkylation sites (N-methyl/N-ethyl adjacent to an activating group) is 1. The van der Waals surface area contributed by atoms with E-state index in [1.54, 1.807) is 0 Å². The molecule has 8 nitrogen and oxygen atoms in total. The van der Waals surface area contributed by atoms with Crippen molar-refractivity contribution in [1.29, 1.82) is 0 Å². The Kier molecular flexibility index (Phi) is 5.94. The first-order valence-corrected chi connectivity index (χ1v) is 7.41. The molecule has 1 aromatic rings. The molecule has 1 unspecified atom stereocenters. The van der Waals surface area contributed by atoms with Crippen LogP contribution in [0.5, 0.6) is 6.01 Å². The van der Waals surface area contributed by atoms with E-state index in [9.17, 15) is 0 Å². The van der Waals surface area contributed by atoms with Crippen molar-refractivity contribution in [3.8, 4) is 6.01 Å². The molecule has 0 saturated carbocycles. The van der Waals surface area contributed by atoms with Crippen molar-refractivity contribution in [2.24, 2.45) is 5.84 Å². The van der Waals surface area contributed by atoms with Gasteiger partial charge in [-0.1, -0.05) is 6.92 Å². The number of nitrogens with zero attached hydrogens (tertiary/aromatic N) is 4. The molecule has 3 N–H and O–H groups in total. The molecule has 1 aliphatic heterocycles. The first-order chi connectivity index (χ1) is 10.2. The van der Waals surface area contributed by atoms with Crippen molar-refractivity contribution in [1.82, 2.24) is 15.0 Å². The lowest BCUT2D eigenvalue weighted by molar-refractivity contribution is 0.0214. The third kappa shape index (κ3) is 4.68. The lowest BCUT2D eigenvalue weighted by Crippen LogP contribution is -2.34. The summed E-state index contributed by atoms with van der Waals surface area (Å²) in [4.78, 5) is 14.6. The summed E-state index contributed by atoms with van der Waals surface area (Å²) in [6, 6.07) is 0.284. The molecule has 1 atom stereocenters. The standard InChI is InChI=1S/C13H24N6O2/c1-3-7-21-13-16-11(18-14)15-12(17-13)19(2)9-10-6-4-5-8-20-10/h10H,3-9,14H2,1-2H3,(H,15,16,17,18). The van der Waals surface area contributed by atoms with Crippen molar-refractivity contribution < 1.29 is 9.47 Å². The Morgan fingerprint density at radius 2 is 2.24 bits per heavy atom. The number of hydrogen-bond donors (Lipinski definition) is 2. The van der Waals surface area contributed by atoms with E-state index in [1.807, 2.05) is 18.9 Å². The molecule has 1 aromatic heterocycles. The summed E-state index contributed by atoms with van der Waals surface area (Å²) in [6.45, 7) is 4.15. The summed E-state index contributed by atoms with van der Waals surface area (Å²) in [7, 11) is 1.93. The second-order valence-corrected chi connectivity index (χ2v) is 5.10. The molecular weight excluding hydrogens is 272 g/mol. The van der Waals surface area contributed by atoms with Gasteiger partial charge in [0, 0.05) is 20.2 Å². The Morgan fingerprint density at radius 3 is 2.90 bits per heavy atom. The zero-order chi connectivity index (χ0) is 15.1. The van der Waals surface area contributed by atoms with Crippen LogP contribution in [0.1, 0.15) is 32.6 Å². The SMILES string of the molecule is CCCOc1nc(NN)nc(N(C)CC2CCCCO2)n1. The zero-order valence-corrected chi connectivity index (χ0v) is 12.7. The molecule has 0 amide bonds. The van der Waals surface area contributed by atoms with E-state index in [0.717, 1.165) is 32.4 Å². The van der Waals surface area contributed by atoms with Crippen LogP contribution in [0.2, 0.25) is 0 Å². The number of rotatable bonds is 7. The lowest BCUT2D eigenvalue weighted by atomic mass is 10.1. The van der Waals surface area contributed by atoms with Gasteiger partial charge < -0.3 is 14.4 Å². The van der Waals surface area contributed by atoms with Crippen LogP contribution in [0.3, 0.4) is 0 Å². The normalized spacial score (nSPS) is 18.3. The van der Waals surface area contributed by atoms with Gasteiger partial charge in [0.15, 0.2) is 0 Å². The minimum atomic E-state index is 0.217. The quantitative estimate of drug-likeness (QED) is 0.567. The topological polar surface area (TPSA) is 98.4 Å². The van der Waals surface area contributed by atoms with Crippen LogP contribution < -0.4 is 20.9 Å². The first-order valence-electron chi connectivity index (χ1n) is 7.41. The summed E-state index contributed by atoms with van der Waals surface area (Å²) in [6.07, 6.45) is 4.52. The van der Waals surface area contributed by atoms with Gasteiger partial charge in [-0.05, 0) is 25.7 Å². The largest absolute Gasteiger partial charge is 0.463 e. The summed E-state index contributed by atoms with van der Waals surface area (Å²) < 4.78 is 11.2. The summed E-state index contributed by atoms with van der Waals surface area (Å²) in [5, 5.41) is 0. The Balaban J connectivity index is 2.05. The van der Waals surface area contributed by atoms with Crippen LogP contribution in [0, 0.1) is 0 Å². The highest BCUT2D eigenvalue weighted by atomic mass is 16.5. The van der Waals surface area contributed by atoms with Crippen molar-refractivity contribution >= 4 is 11.9 Å². The number of hydrazine groups is 1. The van der Waals surface area contributed by atoms with Crippen LogP contribution in [0.25, 0.3) is 0 Å². The maximum atomic E-state index is 5.74. The van der Waals surface area contributed by atoms with Crippen LogP contribution in [0.15, 0.2) is 0 Å². The molecule has 2 rings (SSSR count). The molecule has 0 bridgehead atoms. The molecule has 1 saturated heterocycles. The number of nitrogens with two attached hydrogens (primary N) is 1. The Labute approximate surface area is 125 Å². The Morgan fingerprint density at radius 1 is 1.38 bits per heavy atom. The van der Waals surface area contributed by atoms with Crippen molar-refractivity contribution in [3.63, 3.8) is 0 Å². The Hall–Kier alpha value is -1.67. The van der Waals surface area contributed by atoms with E-state index in [-0.39, 0.29) is 12.1 Å². The molecule has 8 heteroatoms. The number of anilines is 2. The minimum absolute atomic E-state index is 0.217. The van der Waals surface area contributed by atoms with Crippen LogP contribution in [-0.2, 0) is 4.74 Å². The second kappa shape index (κ2) is 7.94. The molecule has 0 radical (unpaired) electrons. The van der Waals surface area contributed by atoms with E-state index in [0.29, 0.717) is 18.5 Å². The highest BCUT2D eigenvalue weighted by Gasteiger charge is 2.18. The molecule has 2 heterocycles. The van der Waals surface area contributed by atoms with Crippen LogP contribution in [0.4, 0.5) is 11.9 Å². The molecular formula is C13H24N6O2. The summed E-state index contributed by atoms with van der Waals surface area (Å²) in [5.74, 6) is 6.22. The zero-order valence-electron chi connectivity index (χ0n) is 12.7. The van der Waals surface area contributed by atoms with Crippen molar-refractivity contribution in [3.05, 3.63) is 0 Å². The molecule has 21 heavy (non-hydrogen) atoms.